The summed E-state index contributed by atoms with van der Waals surface area (Å²) in [6.07, 6.45) is 1.65. The van der Waals surface area contributed by atoms with Crippen LogP contribution in [0.15, 0.2) is 95.1 Å². The summed E-state index contributed by atoms with van der Waals surface area (Å²) in [5.41, 5.74) is 5.26. The maximum atomic E-state index is 10.2. The van der Waals surface area contributed by atoms with Crippen molar-refractivity contribution in [1.82, 2.24) is 4.90 Å². The van der Waals surface area contributed by atoms with Crippen molar-refractivity contribution in [2.24, 2.45) is 5.16 Å². The molecule has 4 nitrogen and oxygen atoms in total. The van der Waals surface area contributed by atoms with Crippen LogP contribution < -0.4 is 0 Å². The highest BCUT2D eigenvalue weighted by Gasteiger charge is 2.47. The number of fused-ring (bicyclic) bond motifs is 3. The normalized spacial score (nSPS) is 22.6. The van der Waals surface area contributed by atoms with Crippen LogP contribution in [-0.4, -0.2) is 21.9 Å². The van der Waals surface area contributed by atoms with Crippen LogP contribution in [0.25, 0.3) is 0 Å². The van der Waals surface area contributed by atoms with E-state index in [2.05, 4.69) is 50.8 Å². The smallest absolute Gasteiger partial charge is 0.194 e. The molecule has 150 valence electrons. The molecule has 0 saturated heterocycles. The Morgan fingerprint density at radius 1 is 1.03 bits per heavy atom. The lowest BCUT2D eigenvalue weighted by Crippen LogP contribution is -2.46. The van der Waals surface area contributed by atoms with Gasteiger partial charge in [-0.2, -0.15) is 0 Å². The first kappa shape index (κ1) is 19.1. The van der Waals surface area contributed by atoms with Crippen LogP contribution in [0.1, 0.15) is 34.2 Å². The number of rotatable bonds is 4. The summed E-state index contributed by atoms with van der Waals surface area (Å²) in [7, 11) is 0. The van der Waals surface area contributed by atoms with Crippen molar-refractivity contribution in [3.8, 4) is 5.75 Å². The lowest BCUT2D eigenvalue weighted by atomic mass is 9.79. The summed E-state index contributed by atoms with van der Waals surface area (Å²) >= 11 is 3.67. The van der Waals surface area contributed by atoms with Gasteiger partial charge in [0, 0.05) is 16.6 Å². The standard InChI is InChI=1S/C25H21BrN2O2/c1-2-22-20-14-18(29)12-13-19(20)23-24(16-8-4-3-5-9-16)27-30-25(23)28(22)15-17-10-6-7-11-21(17)26/h2-14,22-23,25,29H,1,15H2/t22?,23-,25+/m0/s1. The first-order valence-electron chi connectivity index (χ1n) is 9.91. The van der Waals surface area contributed by atoms with Crippen molar-refractivity contribution in [1.29, 1.82) is 0 Å². The van der Waals surface area contributed by atoms with Gasteiger partial charge in [0.1, 0.15) is 5.75 Å². The van der Waals surface area contributed by atoms with E-state index in [0.29, 0.717) is 6.54 Å². The molecule has 0 saturated carbocycles. The summed E-state index contributed by atoms with van der Waals surface area (Å²) < 4.78 is 1.05. The molecule has 3 aromatic rings. The number of oxime groups is 1. The van der Waals surface area contributed by atoms with E-state index < -0.39 is 0 Å². The molecule has 0 aliphatic carbocycles. The Kier molecular flexibility index (Phi) is 4.93. The van der Waals surface area contributed by atoms with Gasteiger partial charge in [0.25, 0.3) is 0 Å². The van der Waals surface area contributed by atoms with Crippen LogP contribution in [0, 0.1) is 0 Å². The van der Waals surface area contributed by atoms with Crippen molar-refractivity contribution < 1.29 is 9.94 Å². The molecular weight excluding hydrogens is 440 g/mol. The van der Waals surface area contributed by atoms with E-state index in [-0.39, 0.29) is 23.9 Å². The quantitative estimate of drug-likeness (QED) is 0.504. The fourth-order valence-corrected chi connectivity index (χ4v) is 4.88. The van der Waals surface area contributed by atoms with Crippen LogP contribution in [0.3, 0.4) is 0 Å². The highest BCUT2D eigenvalue weighted by atomic mass is 79.9. The fraction of sp³-hybridized carbons (Fsp3) is 0.160. The molecule has 2 aliphatic heterocycles. The molecule has 0 spiro atoms. The largest absolute Gasteiger partial charge is 0.508 e. The molecular formula is C25H21BrN2O2. The third-order valence-corrected chi connectivity index (χ3v) is 6.62. The SMILES string of the molecule is C=CC1c2cc(O)ccc2[C@H]2C(c3ccccc3)=NO[C@H]2N1Cc1ccccc1Br. The van der Waals surface area contributed by atoms with Gasteiger partial charge in [0.2, 0.25) is 0 Å². The van der Waals surface area contributed by atoms with Crippen molar-refractivity contribution >= 4 is 21.6 Å². The summed E-state index contributed by atoms with van der Waals surface area (Å²) in [5, 5.41) is 14.7. The van der Waals surface area contributed by atoms with Gasteiger partial charge < -0.3 is 9.94 Å². The number of hydrogen-bond acceptors (Lipinski definition) is 4. The monoisotopic (exact) mass is 460 g/mol. The van der Waals surface area contributed by atoms with E-state index in [4.69, 9.17) is 4.84 Å². The Balaban J connectivity index is 1.63. The number of hydrogen-bond donors (Lipinski definition) is 1. The Bertz CT molecular complexity index is 1130. The van der Waals surface area contributed by atoms with Gasteiger partial charge in [-0.1, -0.05) is 81.8 Å². The summed E-state index contributed by atoms with van der Waals surface area (Å²) in [6, 6.07) is 23.8. The molecule has 2 heterocycles. The maximum absolute atomic E-state index is 10.2. The summed E-state index contributed by atoms with van der Waals surface area (Å²) in [4.78, 5) is 8.32. The van der Waals surface area contributed by atoms with Crippen LogP contribution in [-0.2, 0) is 11.4 Å². The molecule has 2 aliphatic rings. The van der Waals surface area contributed by atoms with Crippen molar-refractivity contribution in [2.75, 3.05) is 0 Å². The number of halogens is 1. The molecule has 0 radical (unpaired) electrons. The molecule has 3 aromatic carbocycles. The first-order valence-corrected chi connectivity index (χ1v) is 10.7. The van der Waals surface area contributed by atoms with E-state index in [9.17, 15) is 5.11 Å². The van der Waals surface area contributed by atoms with E-state index >= 15 is 0 Å². The zero-order valence-electron chi connectivity index (χ0n) is 16.3. The lowest BCUT2D eigenvalue weighted by Gasteiger charge is -2.42. The van der Waals surface area contributed by atoms with Gasteiger partial charge in [-0.25, -0.2) is 0 Å². The van der Waals surface area contributed by atoms with Crippen LogP contribution in [0.5, 0.6) is 5.75 Å². The molecule has 1 N–H and O–H groups in total. The molecule has 3 atom stereocenters. The highest BCUT2D eigenvalue weighted by molar-refractivity contribution is 9.10. The predicted molar refractivity (Wildman–Crippen MR) is 121 cm³/mol. The first-order chi connectivity index (χ1) is 14.7. The van der Waals surface area contributed by atoms with Crippen LogP contribution in [0.2, 0.25) is 0 Å². The zero-order valence-corrected chi connectivity index (χ0v) is 17.9. The van der Waals surface area contributed by atoms with Crippen molar-refractivity contribution in [3.63, 3.8) is 0 Å². The highest BCUT2D eigenvalue weighted by Crippen LogP contribution is 2.47. The van der Waals surface area contributed by atoms with Crippen LogP contribution >= 0.6 is 15.9 Å². The molecule has 0 aromatic heterocycles. The number of phenolic OH excluding ortho intramolecular Hbond substituents is 1. The molecule has 0 fully saturated rings. The van der Waals surface area contributed by atoms with Crippen molar-refractivity contribution in [2.45, 2.75) is 24.7 Å². The molecule has 30 heavy (non-hydrogen) atoms. The van der Waals surface area contributed by atoms with Gasteiger partial charge in [-0.3, -0.25) is 4.90 Å². The molecule has 1 unspecified atom stereocenters. The minimum atomic E-state index is -0.257. The Morgan fingerprint density at radius 2 is 1.80 bits per heavy atom. The zero-order chi connectivity index (χ0) is 20.7. The van der Waals surface area contributed by atoms with Gasteiger partial charge in [0.15, 0.2) is 6.23 Å². The minimum Gasteiger partial charge on any atom is -0.508 e. The van der Waals surface area contributed by atoms with Crippen molar-refractivity contribution in [3.05, 3.63) is 112 Å². The predicted octanol–water partition coefficient (Wildman–Crippen LogP) is 5.74. The van der Waals surface area contributed by atoms with E-state index in [1.165, 1.54) is 0 Å². The molecule has 5 heteroatoms. The van der Waals surface area contributed by atoms with Gasteiger partial charge >= 0.3 is 0 Å². The average Bonchev–Trinajstić information content (AvgIpc) is 3.21. The van der Waals surface area contributed by atoms with E-state index in [1.807, 2.05) is 54.6 Å². The minimum absolute atomic E-state index is 0.0540. The number of phenols is 1. The topological polar surface area (TPSA) is 45.1 Å². The Morgan fingerprint density at radius 3 is 2.57 bits per heavy atom. The number of nitrogens with zero attached hydrogens (tertiary/aromatic N) is 2. The number of benzene rings is 3. The fourth-order valence-electron chi connectivity index (χ4n) is 4.47. The third-order valence-electron chi connectivity index (χ3n) is 5.85. The average molecular weight is 461 g/mol. The second-order valence-corrected chi connectivity index (χ2v) is 8.43. The van der Waals surface area contributed by atoms with Gasteiger partial charge in [-0.05, 0) is 34.9 Å². The lowest BCUT2D eigenvalue weighted by molar-refractivity contribution is -0.0719. The third kappa shape index (κ3) is 3.15. The summed E-state index contributed by atoms with van der Waals surface area (Å²) in [6.45, 7) is 4.75. The Labute approximate surface area is 184 Å². The number of aromatic hydroxyl groups is 1. The maximum Gasteiger partial charge on any atom is 0.194 e. The van der Waals surface area contributed by atoms with E-state index in [1.54, 1.807) is 6.07 Å². The van der Waals surface area contributed by atoms with E-state index in [0.717, 1.165) is 32.4 Å². The summed E-state index contributed by atoms with van der Waals surface area (Å²) in [5.74, 6) is 0.193. The van der Waals surface area contributed by atoms with Crippen LogP contribution in [0.4, 0.5) is 0 Å². The van der Waals surface area contributed by atoms with Gasteiger partial charge in [0.05, 0.1) is 17.7 Å². The second kappa shape index (κ2) is 7.74. The molecule has 0 amide bonds. The Hall–Kier alpha value is -2.89. The second-order valence-electron chi connectivity index (χ2n) is 7.57. The van der Waals surface area contributed by atoms with Gasteiger partial charge in [-0.15, -0.1) is 6.58 Å². The molecule has 0 bridgehead atoms. The molecule has 5 rings (SSSR count).